The Balaban J connectivity index is 0.000000482. The van der Waals surface area contributed by atoms with Crippen molar-refractivity contribution in [2.24, 2.45) is 11.7 Å². The van der Waals surface area contributed by atoms with Gasteiger partial charge >= 0.3 is 5.97 Å². The van der Waals surface area contributed by atoms with Gasteiger partial charge < -0.3 is 65.9 Å². The summed E-state index contributed by atoms with van der Waals surface area (Å²) >= 11 is 0. The molecule has 0 bridgehead atoms. The van der Waals surface area contributed by atoms with Crippen LogP contribution in [-0.2, 0) is 19.0 Å². The number of hydrogen-bond acceptors (Lipinski definition) is 13. The van der Waals surface area contributed by atoms with E-state index in [-0.39, 0.29) is 0 Å². The molecule has 11 N–H and O–H groups in total. The minimum atomic E-state index is -1.72. The Bertz CT molecular complexity index is 529. The summed E-state index contributed by atoms with van der Waals surface area (Å²) in [5.74, 6) is -0.556. The highest BCUT2D eigenvalue weighted by Gasteiger charge is 2.49. The van der Waals surface area contributed by atoms with Crippen LogP contribution in [0.5, 0.6) is 0 Å². The topological polar surface area (TPSA) is 253 Å². The van der Waals surface area contributed by atoms with Gasteiger partial charge in [0.1, 0.15) is 54.9 Å². The maximum atomic E-state index is 10.1. The fourth-order valence-corrected chi connectivity index (χ4v) is 3.10. The average Bonchev–Trinajstić information content (AvgIpc) is 2.74. The molecule has 0 spiro atoms. The predicted octanol–water partition coefficient (Wildman–Crippen LogP) is -4.95. The van der Waals surface area contributed by atoms with Crippen molar-refractivity contribution >= 4 is 5.97 Å². The number of aliphatic hydroxyl groups is 8. The molecular weight excluding hydrogens is 438 g/mol. The smallest absolute Gasteiger partial charge is 0.320 e. The van der Waals surface area contributed by atoms with Crippen molar-refractivity contribution in [3.05, 3.63) is 0 Å². The quantitative estimate of drug-likeness (QED) is 0.166. The van der Waals surface area contributed by atoms with Gasteiger partial charge in [-0.3, -0.25) is 4.79 Å². The first kappa shape index (κ1) is 29.0. The van der Waals surface area contributed by atoms with Gasteiger partial charge in [-0.15, -0.1) is 0 Å². The lowest BCUT2D eigenvalue weighted by Crippen LogP contribution is -2.63. The molecule has 2 rings (SSSR count). The minimum Gasteiger partial charge on any atom is -0.480 e. The van der Waals surface area contributed by atoms with Crippen LogP contribution in [0.4, 0.5) is 0 Å². The van der Waals surface area contributed by atoms with Gasteiger partial charge in [0, 0.05) is 0 Å². The molecule has 2 heterocycles. The largest absolute Gasteiger partial charge is 0.480 e. The molecule has 1 unspecified atom stereocenters. The van der Waals surface area contributed by atoms with Gasteiger partial charge in [0.25, 0.3) is 0 Å². The molecule has 11 atom stereocenters. The standard InChI is InChI=1S/C12H22O11.C6H13NO2/c13-1-3-5(15)7(17)9(19)11(21-3)23-12-10(20)8(18)6(16)4(2-14)22-12;1-4(2)3-5(7)6(8)9/h3-20H,1-2H2;4-5H,3,7H2,1-2H3,(H,8,9)/t3-,4-,5-,6-,7+,8+,9-,10-,11-,12-;/m1./s1. The van der Waals surface area contributed by atoms with E-state index >= 15 is 0 Å². The third-order valence-electron chi connectivity index (χ3n) is 5.01. The zero-order valence-corrected chi connectivity index (χ0v) is 17.8. The monoisotopic (exact) mass is 473 g/mol. The van der Waals surface area contributed by atoms with E-state index in [1.54, 1.807) is 0 Å². The van der Waals surface area contributed by atoms with Gasteiger partial charge in [0.2, 0.25) is 0 Å². The predicted molar refractivity (Wildman–Crippen MR) is 104 cm³/mol. The summed E-state index contributed by atoms with van der Waals surface area (Å²) in [5.41, 5.74) is 5.22. The molecule has 0 radical (unpaired) electrons. The van der Waals surface area contributed by atoms with Crippen LogP contribution < -0.4 is 5.73 Å². The zero-order chi connectivity index (χ0) is 24.7. The second-order valence-electron chi connectivity index (χ2n) is 8.10. The first-order valence-electron chi connectivity index (χ1n) is 10.1. The third kappa shape index (κ3) is 7.51. The van der Waals surface area contributed by atoms with E-state index in [0.29, 0.717) is 12.3 Å². The van der Waals surface area contributed by atoms with Gasteiger partial charge in [-0.1, -0.05) is 13.8 Å². The lowest BCUT2D eigenvalue weighted by atomic mass is 9.98. The summed E-state index contributed by atoms with van der Waals surface area (Å²) < 4.78 is 15.3. The summed E-state index contributed by atoms with van der Waals surface area (Å²) in [7, 11) is 0. The van der Waals surface area contributed by atoms with Crippen LogP contribution >= 0.6 is 0 Å². The first-order valence-corrected chi connectivity index (χ1v) is 10.1. The van der Waals surface area contributed by atoms with E-state index in [1.165, 1.54) is 0 Å². The number of aliphatic carboxylic acids is 1. The molecule has 0 amide bonds. The normalized spacial score (nSPS) is 41.0. The Hall–Kier alpha value is -1.01. The van der Waals surface area contributed by atoms with Crippen molar-refractivity contribution in [3.8, 4) is 0 Å². The maximum Gasteiger partial charge on any atom is 0.320 e. The molecule has 2 aliphatic heterocycles. The van der Waals surface area contributed by atoms with Gasteiger partial charge in [0.15, 0.2) is 12.6 Å². The molecule has 0 aromatic heterocycles. The molecule has 2 saturated heterocycles. The molecular formula is C18H35NO13. The number of hydrogen-bond donors (Lipinski definition) is 10. The van der Waals surface area contributed by atoms with Crippen LogP contribution in [-0.4, -0.2) is 133 Å². The highest BCUT2D eigenvalue weighted by Crippen LogP contribution is 2.27. The van der Waals surface area contributed by atoms with Gasteiger partial charge in [-0.05, 0) is 12.3 Å². The molecule has 14 heteroatoms. The Morgan fingerprint density at radius 1 is 0.812 bits per heavy atom. The summed E-state index contributed by atoms with van der Waals surface area (Å²) in [6, 6.07) is -0.690. The number of rotatable bonds is 7. The molecule has 0 aromatic rings. The second-order valence-corrected chi connectivity index (χ2v) is 8.10. The molecule has 190 valence electrons. The molecule has 0 aromatic carbocycles. The first-order chi connectivity index (χ1) is 14.8. The van der Waals surface area contributed by atoms with E-state index < -0.39 is 86.6 Å². The van der Waals surface area contributed by atoms with Crippen molar-refractivity contribution in [3.63, 3.8) is 0 Å². The van der Waals surface area contributed by atoms with E-state index in [2.05, 4.69) is 0 Å². The highest BCUT2D eigenvalue weighted by atomic mass is 16.8. The SMILES string of the molecule is CC(C)CC(N)C(=O)O.OC[C@H]1O[C@H](O[C@H]2O[C@H](CO)[C@@H](O)[C@H](O)[C@H]2O)[C@H](O)[C@@H](O)[C@@H]1O. The molecule has 32 heavy (non-hydrogen) atoms. The number of ether oxygens (including phenoxy) is 3. The van der Waals surface area contributed by atoms with Crippen molar-refractivity contribution in [2.45, 2.75) is 87.7 Å². The second kappa shape index (κ2) is 13.0. The van der Waals surface area contributed by atoms with Crippen LogP contribution in [0.15, 0.2) is 0 Å². The fraction of sp³-hybridized carbons (Fsp3) is 0.944. The van der Waals surface area contributed by atoms with Crippen LogP contribution in [0.2, 0.25) is 0 Å². The third-order valence-corrected chi connectivity index (χ3v) is 5.01. The Kier molecular flexibility index (Phi) is 11.8. The van der Waals surface area contributed by atoms with E-state index in [1.807, 2.05) is 13.8 Å². The molecule has 14 nitrogen and oxygen atoms in total. The Labute approximate surface area is 184 Å². The van der Waals surface area contributed by atoms with Crippen LogP contribution in [0.1, 0.15) is 20.3 Å². The van der Waals surface area contributed by atoms with Crippen molar-refractivity contribution in [2.75, 3.05) is 13.2 Å². The molecule has 2 fully saturated rings. The lowest BCUT2D eigenvalue weighted by molar-refractivity contribution is -0.376. The molecule has 0 saturated carbocycles. The molecule has 2 aliphatic rings. The maximum absolute atomic E-state index is 10.1. The van der Waals surface area contributed by atoms with Gasteiger partial charge in [-0.25, -0.2) is 0 Å². The fourth-order valence-electron chi connectivity index (χ4n) is 3.10. The highest BCUT2D eigenvalue weighted by molar-refractivity contribution is 5.72. The van der Waals surface area contributed by atoms with Crippen LogP contribution in [0.3, 0.4) is 0 Å². The lowest BCUT2D eigenvalue weighted by Gasteiger charge is -2.44. The number of carbonyl (C=O) groups is 1. The van der Waals surface area contributed by atoms with E-state index in [0.717, 1.165) is 0 Å². The van der Waals surface area contributed by atoms with E-state index in [9.17, 15) is 35.4 Å². The number of aliphatic hydroxyl groups excluding tert-OH is 8. The van der Waals surface area contributed by atoms with Gasteiger partial charge in [-0.2, -0.15) is 0 Å². The van der Waals surface area contributed by atoms with Crippen molar-refractivity contribution < 1.29 is 65.0 Å². The number of carboxylic acid groups (broad SMARTS) is 1. The van der Waals surface area contributed by atoms with Gasteiger partial charge in [0.05, 0.1) is 13.2 Å². The van der Waals surface area contributed by atoms with Crippen molar-refractivity contribution in [1.82, 2.24) is 0 Å². The Morgan fingerprint density at radius 2 is 1.19 bits per heavy atom. The van der Waals surface area contributed by atoms with Crippen molar-refractivity contribution in [1.29, 1.82) is 0 Å². The zero-order valence-electron chi connectivity index (χ0n) is 17.8. The van der Waals surface area contributed by atoms with E-state index in [4.69, 9.17) is 35.3 Å². The summed E-state index contributed by atoms with van der Waals surface area (Å²) in [4.78, 5) is 10.1. The summed E-state index contributed by atoms with van der Waals surface area (Å²) in [6.45, 7) is 2.56. The van der Waals surface area contributed by atoms with Crippen LogP contribution in [0, 0.1) is 5.92 Å². The average molecular weight is 473 g/mol. The Morgan fingerprint density at radius 3 is 1.44 bits per heavy atom. The number of nitrogens with two attached hydrogens (primary N) is 1. The molecule has 0 aliphatic carbocycles. The summed E-state index contributed by atoms with van der Waals surface area (Å²) in [5, 5.41) is 84.7. The van der Waals surface area contributed by atoms with Crippen LogP contribution in [0.25, 0.3) is 0 Å². The number of carboxylic acids is 1. The summed E-state index contributed by atoms with van der Waals surface area (Å²) in [6.07, 6.45) is -15.0. The minimum absolute atomic E-state index is 0.357.